The van der Waals surface area contributed by atoms with Gasteiger partial charge in [0.1, 0.15) is 0 Å². The Kier molecular flexibility index (Phi) is 5.79. The Balaban J connectivity index is 1.73. The van der Waals surface area contributed by atoms with E-state index in [1.807, 2.05) is 11.8 Å². The molecule has 5 nitrogen and oxygen atoms in total. The molecular weight excluding hydrogens is 288 g/mol. The molecule has 0 saturated heterocycles. The summed E-state index contributed by atoms with van der Waals surface area (Å²) in [6, 6.07) is -0.146. The third-order valence-corrected chi connectivity index (χ3v) is 6.30. The van der Waals surface area contributed by atoms with E-state index in [1.54, 1.807) is 0 Å². The molecule has 120 valence electrons. The van der Waals surface area contributed by atoms with E-state index in [4.69, 9.17) is 5.11 Å². The number of carboxylic acids is 1. The Morgan fingerprint density at radius 3 is 2.52 bits per heavy atom. The number of carbonyl (C=O) groups excluding carboxylic acids is 1. The van der Waals surface area contributed by atoms with Gasteiger partial charge in [0.05, 0.1) is 5.92 Å². The van der Waals surface area contributed by atoms with Crippen LogP contribution < -0.4 is 10.6 Å². The van der Waals surface area contributed by atoms with Crippen molar-refractivity contribution in [3.8, 4) is 0 Å². The van der Waals surface area contributed by atoms with Crippen LogP contribution in [0.3, 0.4) is 0 Å². The third-order valence-electron chi connectivity index (χ3n) is 4.89. The first-order chi connectivity index (χ1) is 10.0. The fourth-order valence-corrected chi connectivity index (χ4v) is 4.38. The molecule has 0 aromatic carbocycles. The van der Waals surface area contributed by atoms with Gasteiger partial charge in [-0.25, -0.2) is 4.79 Å². The van der Waals surface area contributed by atoms with Crippen molar-refractivity contribution < 1.29 is 14.7 Å². The second-order valence-corrected chi connectivity index (χ2v) is 7.59. The average Bonchev–Trinajstić information content (AvgIpc) is 2.95. The van der Waals surface area contributed by atoms with Crippen molar-refractivity contribution in [2.45, 2.75) is 62.2 Å². The lowest BCUT2D eigenvalue weighted by molar-refractivity contribution is -0.141. The van der Waals surface area contributed by atoms with Crippen molar-refractivity contribution in [2.75, 3.05) is 12.8 Å². The van der Waals surface area contributed by atoms with E-state index in [9.17, 15) is 9.59 Å². The van der Waals surface area contributed by atoms with Crippen molar-refractivity contribution in [1.29, 1.82) is 0 Å². The number of hydrogen-bond acceptors (Lipinski definition) is 3. The molecule has 6 heteroatoms. The van der Waals surface area contributed by atoms with E-state index in [0.717, 1.165) is 6.42 Å². The maximum atomic E-state index is 12.0. The lowest BCUT2D eigenvalue weighted by Gasteiger charge is -2.36. The highest BCUT2D eigenvalue weighted by atomic mass is 32.2. The molecule has 21 heavy (non-hydrogen) atoms. The van der Waals surface area contributed by atoms with Gasteiger partial charge in [-0.1, -0.05) is 19.3 Å². The smallest absolute Gasteiger partial charge is 0.315 e. The average molecular weight is 314 g/mol. The molecule has 2 saturated carbocycles. The Morgan fingerprint density at radius 2 is 1.95 bits per heavy atom. The molecule has 0 spiro atoms. The molecule has 0 aromatic rings. The summed E-state index contributed by atoms with van der Waals surface area (Å²) in [6.45, 7) is 0.703. The van der Waals surface area contributed by atoms with Crippen LogP contribution in [0, 0.1) is 5.92 Å². The van der Waals surface area contributed by atoms with Crippen LogP contribution in [0.2, 0.25) is 0 Å². The summed E-state index contributed by atoms with van der Waals surface area (Å²) < 4.78 is 0.189. The van der Waals surface area contributed by atoms with E-state index in [-0.39, 0.29) is 22.7 Å². The predicted octanol–water partition coefficient (Wildman–Crippen LogP) is 2.60. The van der Waals surface area contributed by atoms with Gasteiger partial charge < -0.3 is 15.7 Å². The van der Waals surface area contributed by atoms with Crippen LogP contribution in [0.25, 0.3) is 0 Å². The number of nitrogens with one attached hydrogen (secondary N) is 2. The summed E-state index contributed by atoms with van der Waals surface area (Å²) in [6.07, 6.45) is 10.2. The molecule has 0 radical (unpaired) electrons. The van der Waals surface area contributed by atoms with Gasteiger partial charge >= 0.3 is 12.0 Å². The maximum Gasteiger partial charge on any atom is 0.315 e. The molecular formula is C15H26N2O3S. The van der Waals surface area contributed by atoms with Crippen LogP contribution in [-0.2, 0) is 4.79 Å². The first-order valence-corrected chi connectivity index (χ1v) is 9.09. The van der Waals surface area contributed by atoms with E-state index in [1.165, 1.54) is 32.1 Å². The molecule has 3 N–H and O–H groups in total. The second-order valence-electron chi connectivity index (χ2n) is 6.32. The fourth-order valence-electron chi connectivity index (χ4n) is 3.46. The lowest BCUT2D eigenvalue weighted by Crippen LogP contribution is -2.47. The number of aliphatic carboxylic acids is 1. The molecule has 2 fully saturated rings. The Morgan fingerprint density at radius 1 is 1.24 bits per heavy atom. The van der Waals surface area contributed by atoms with Crippen molar-refractivity contribution in [3.05, 3.63) is 0 Å². The quantitative estimate of drug-likeness (QED) is 0.729. The second kappa shape index (κ2) is 7.38. The number of carboxylic acid groups (broad SMARTS) is 1. The van der Waals surface area contributed by atoms with Crippen LogP contribution in [0.15, 0.2) is 0 Å². The number of amides is 2. The highest BCUT2D eigenvalue weighted by Crippen LogP contribution is 2.37. The minimum Gasteiger partial charge on any atom is -0.481 e. The Labute approximate surface area is 130 Å². The summed E-state index contributed by atoms with van der Waals surface area (Å²) in [4.78, 5) is 22.9. The third kappa shape index (κ3) is 4.53. The zero-order chi connectivity index (χ0) is 15.3. The molecule has 2 rings (SSSR count). The number of thioether (sulfide) groups is 1. The highest BCUT2D eigenvalue weighted by Gasteiger charge is 2.33. The molecule has 2 aliphatic rings. The predicted molar refractivity (Wildman–Crippen MR) is 84.6 cm³/mol. The lowest BCUT2D eigenvalue weighted by atomic mass is 9.88. The fraction of sp³-hybridized carbons (Fsp3) is 0.867. The van der Waals surface area contributed by atoms with E-state index < -0.39 is 5.97 Å². The van der Waals surface area contributed by atoms with Gasteiger partial charge in [0.15, 0.2) is 0 Å². The molecule has 2 atom stereocenters. The van der Waals surface area contributed by atoms with Gasteiger partial charge in [0.25, 0.3) is 0 Å². The van der Waals surface area contributed by atoms with Gasteiger partial charge in [0, 0.05) is 17.3 Å². The summed E-state index contributed by atoms with van der Waals surface area (Å²) in [5, 5.41) is 14.9. The van der Waals surface area contributed by atoms with Crippen LogP contribution in [0.4, 0.5) is 4.79 Å². The molecule has 2 aliphatic carbocycles. The highest BCUT2D eigenvalue weighted by molar-refractivity contribution is 8.00. The molecule has 0 aliphatic heterocycles. The first kappa shape index (κ1) is 16.5. The van der Waals surface area contributed by atoms with Gasteiger partial charge in [-0.15, -0.1) is 0 Å². The summed E-state index contributed by atoms with van der Waals surface area (Å²) in [5.74, 6) is -1.05. The summed E-state index contributed by atoms with van der Waals surface area (Å²) in [7, 11) is 0. The number of hydrogen-bond donors (Lipinski definition) is 3. The number of rotatable bonds is 5. The molecule has 2 unspecified atom stereocenters. The molecule has 0 bridgehead atoms. The monoisotopic (exact) mass is 314 g/mol. The molecule has 2 amide bonds. The van der Waals surface area contributed by atoms with Gasteiger partial charge in [-0.3, -0.25) is 4.79 Å². The van der Waals surface area contributed by atoms with Crippen LogP contribution >= 0.6 is 11.8 Å². The number of urea groups is 1. The largest absolute Gasteiger partial charge is 0.481 e. The maximum absolute atomic E-state index is 12.0. The first-order valence-electron chi connectivity index (χ1n) is 7.87. The van der Waals surface area contributed by atoms with Crippen molar-refractivity contribution in [1.82, 2.24) is 10.6 Å². The minimum absolute atomic E-state index is 0.00249. The topological polar surface area (TPSA) is 78.4 Å². The molecule has 0 heterocycles. The van der Waals surface area contributed by atoms with Gasteiger partial charge in [0.2, 0.25) is 0 Å². The summed E-state index contributed by atoms with van der Waals surface area (Å²) >= 11 is 1.86. The van der Waals surface area contributed by atoms with Crippen LogP contribution in [0.5, 0.6) is 0 Å². The van der Waals surface area contributed by atoms with E-state index >= 15 is 0 Å². The summed E-state index contributed by atoms with van der Waals surface area (Å²) in [5.41, 5.74) is 0. The Hall–Kier alpha value is -0.910. The number of carbonyl (C=O) groups is 2. The van der Waals surface area contributed by atoms with Gasteiger partial charge in [-0.05, 0) is 38.4 Å². The van der Waals surface area contributed by atoms with Crippen molar-refractivity contribution in [2.24, 2.45) is 5.92 Å². The zero-order valence-electron chi connectivity index (χ0n) is 12.7. The normalized spacial score (nSPS) is 28.0. The molecule has 0 aromatic heterocycles. The van der Waals surface area contributed by atoms with E-state index in [0.29, 0.717) is 19.4 Å². The van der Waals surface area contributed by atoms with E-state index in [2.05, 4.69) is 16.9 Å². The SMILES string of the molecule is CSC1(CNC(=O)NC2CCC(C(=O)O)C2)CCCCC1. The van der Waals surface area contributed by atoms with Crippen molar-refractivity contribution >= 4 is 23.8 Å². The van der Waals surface area contributed by atoms with Gasteiger partial charge in [-0.2, -0.15) is 11.8 Å². The zero-order valence-corrected chi connectivity index (χ0v) is 13.5. The minimum atomic E-state index is -0.747. The standard InChI is InChI=1S/C15H26N2O3S/c1-21-15(7-3-2-4-8-15)10-16-14(20)17-12-6-5-11(9-12)13(18)19/h11-12H,2-10H2,1H3,(H,18,19)(H2,16,17,20). The van der Waals surface area contributed by atoms with Crippen LogP contribution in [-0.4, -0.2) is 40.7 Å². The van der Waals surface area contributed by atoms with Crippen LogP contribution in [0.1, 0.15) is 51.4 Å². The Bertz CT molecular complexity index is 383. The van der Waals surface area contributed by atoms with Crippen molar-refractivity contribution in [3.63, 3.8) is 0 Å².